The Morgan fingerprint density at radius 3 is 2.76 bits per heavy atom. The number of halogens is 1. The molecule has 0 saturated heterocycles. The van der Waals surface area contributed by atoms with Crippen LogP contribution in [0.4, 0.5) is 11.4 Å². The molecule has 5 nitrogen and oxygen atoms in total. The predicted molar refractivity (Wildman–Crippen MR) is 104 cm³/mol. The zero-order valence-corrected chi connectivity index (χ0v) is 16.0. The van der Waals surface area contributed by atoms with Crippen LogP contribution in [0.2, 0.25) is 0 Å². The standard InChI is InChI=1S/C19H18IN3O2/c1-12-8-15(20)5-7-17(12)22-18-9-14(10-21)4-6-16(18)19(24)23-25-11-13-2-3-13/h4-9,13,22H,2-3,11H2,1H3,(H,23,24). The number of rotatable bonds is 6. The van der Waals surface area contributed by atoms with Crippen molar-refractivity contribution in [2.45, 2.75) is 19.8 Å². The lowest BCUT2D eigenvalue weighted by Gasteiger charge is -2.14. The maximum Gasteiger partial charge on any atom is 0.276 e. The van der Waals surface area contributed by atoms with Gasteiger partial charge in [0.1, 0.15) is 0 Å². The second-order valence-corrected chi connectivity index (χ2v) is 7.39. The Kier molecular flexibility index (Phi) is 5.56. The van der Waals surface area contributed by atoms with E-state index in [1.165, 1.54) is 0 Å². The van der Waals surface area contributed by atoms with Crippen LogP contribution in [0.5, 0.6) is 0 Å². The van der Waals surface area contributed by atoms with Crippen molar-refractivity contribution in [2.24, 2.45) is 5.92 Å². The van der Waals surface area contributed by atoms with Gasteiger partial charge in [-0.15, -0.1) is 0 Å². The lowest BCUT2D eigenvalue weighted by atomic mass is 10.1. The van der Waals surface area contributed by atoms with Crippen LogP contribution in [0.3, 0.4) is 0 Å². The zero-order valence-electron chi connectivity index (χ0n) is 13.8. The van der Waals surface area contributed by atoms with Crippen molar-refractivity contribution in [1.29, 1.82) is 5.26 Å². The predicted octanol–water partition coefficient (Wildman–Crippen LogP) is 4.29. The van der Waals surface area contributed by atoms with Crippen LogP contribution in [-0.4, -0.2) is 12.5 Å². The van der Waals surface area contributed by atoms with Gasteiger partial charge in [0.2, 0.25) is 0 Å². The van der Waals surface area contributed by atoms with Gasteiger partial charge in [0.25, 0.3) is 5.91 Å². The van der Waals surface area contributed by atoms with Crippen LogP contribution in [0.25, 0.3) is 0 Å². The number of aryl methyl sites for hydroxylation is 1. The first-order valence-corrected chi connectivity index (χ1v) is 9.14. The number of hydrogen-bond acceptors (Lipinski definition) is 4. The molecular weight excluding hydrogens is 429 g/mol. The molecule has 0 spiro atoms. The molecule has 3 rings (SSSR count). The number of hydrogen-bond donors (Lipinski definition) is 2. The van der Waals surface area contributed by atoms with Crippen molar-refractivity contribution in [3.8, 4) is 6.07 Å². The lowest BCUT2D eigenvalue weighted by Crippen LogP contribution is -2.25. The number of hydroxylamine groups is 1. The molecule has 0 unspecified atom stereocenters. The molecule has 25 heavy (non-hydrogen) atoms. The van der Waals surface area contributed by atoms with Crippen LogP contribution < -0.4 is 10.8 Å². The van der Waals surface area contributed by atoms with Crippen LogP contribution in [-0.2, 0) is 4.84 Å². The SMILES string of the molecule is Cc1cc(I)ccc1Nc1cc(C#N)ccc1C(=O)NOCC1CC1. The molecule has 1 aliphatic carbocycles. The Bertz CT molecular complexity index is 841. The summed E-state index contributed by atoms with van der Waals surface area (Å²) in [6, 6.07) is 13.0. The Hall–Kier alpha value is -2.11. The van der Waals surface area contributed by atoms with Crippen LogP contribution in [0.15, 0.2) is 36.4 Å². The maximum absolute atomic E-state index is 12.4. The van der Waals surface area contributed by atoms with Gasteiger partial charge < -0.3 is 5.32 Å². The van der Waals surface area contributed by atoms with E-state index in [2.05, 4.69) is 45.5 Å². The number of benzene rings is 2. The van der Waals surface area contributed by atoms with E-state index in [4.69, 9.17) is 10.1 Å². The fourth-order valence-electron chi connectivity index (χ4n) is 2.39. The zero-order chi connectivity index (χ0) is 17.8. The molecule has 2 aromatic carbocycles. The highest BCUT2D eigenvalue weighted by atomic mass is 127. The number of amides is 1. The van der Waals surface area contributed by atoms with E-state index in [-0.39, 0.29) is 5.91 Å². The Balaban J connectivity index is 1.82. The average Bonchev–Trinajstić information content (AvgIpc) is 3.41. The first-order chi connectivity index (χ1) is 12.1. The van der Waals surface area contributed by atoms with Gasteiger partial charge >= 0.3 is 0 Å². The molecule has 0 radical (unpaired) electrons. The first-order valence-electron chi connectivity index (χ1n) is 8.06. The topological polar surface area (TPSA) is 74.2 Å². The van der Waals surface area contributed by atoms with Gasteiger partial charge in [-0.25, -0.2) is 5.48 Å². The van der Waals surface area contributed by atoms with Gasteiger partial charge in [-0.2, -0.15) is 5.26 Å². The van der Waals surface area contributed by atoms with E-state index in [1.54, 1.807) is 18.2 Å². The molecule has 0 aromatic heterocycles. The lowest BCUT2D eigenvalue weighted by molar-refractivity contribution is 0.0271. The summed E-state index contributed by atoms with van der Waals surface area (Å²) in [6.45, 7) is 2.54. The van der Waals surface area contributed by atoms with Crippen molar-refractivity contribution in [1.82, 2.24) is 5.48 Å². The van der Waals surface area contributed by atoms with E-state index in [9.17, 15) is 4.79 Å². The molecule has 2 N–H and O–H groups in total. The number of carbonyl (C=O) groups excluding carboxylic acids is 1. The Labute approximate surface area is 160 Å². The van der Waals surface area contributed by atoms with Crippen LogP contribution in [0.1, 0.15) is 34.3 Å². The van der Waals surface area contributed by atoms with E-state index in [1.807, 2.05) is 19.1 Å². The second kappa shape index (κ2) is 7.85. The summed E-state index contributed by atoms with van der Waals surface area (Å²) in [5, 5.41) is 12.4. The monoisotopic (exact) mass is 447 g/mol. The molecule has 0 atom stereocenters. The normalized spacial score (nSPS) is 13.2. The second-order valence-electron chi connectivity index (χ2n) is 6.14. The largest absolute Gasteiger partial charge is 0.355 e. The van der Waals surface area contributed by atoms with Crippen molar-refractivity contribution in [2.75, 3.05) is 11.9 Å². The van der Waals surface area contributed by atoms with Gasteiger partial charge in [0.15, 0.2) is 0 Å². The summed E-state index contributed by atoms with van der Waals surface area (Å²) in [5.41, 5.74) is 5.95. The molecule has 1 aliphatic rings. The highest BCUT2D eigenvalue weighted by Crippen LogP contribution is 2.29. The van der Waals surface area contributed by atoms with Crippen molar-refractivity contribution >= 4 is 39.9 Å². The van der Waals surface area contributed by atoms with Crippen molar-refractivity contribution in [3.05, 3.63) is 56.7 Å². The van der Waals surface area contributed by atoms with Gasteiger partial charge in [-0.1, -0.05) is 0 Å². The molecule has 128 valence electrons. The molecule has 1 amide bonds. The molecule has 0 aliphatic heterocycles. The van der Waals surface area contributed by atoms with Gasteiger partial charge in [0, 0.05) is 9.26 Å². The quantitative estimate of drug-likeness (QED) is 0.512. The first kappa shape index (κ1) is 17.7. The van der Waals surface area contributed by atoms with Gasteiger partial charge in [-0.3, -0.25) is 9.63 Å². The smallest absolute Gasteiger partial charge is 0.276 e. The summed E-state index contributed by atoms with van der Waals surface area (Å²) >= 11 is 2.26. The molecule has 1 saturated carbocycles. The third kappa shape index (κ3) is 4.71. The minimum absolute atomic E-state index is 0.323. The number of nitriles is 1. The Morgan fingerprint density at radius 1 is 1.28 bits per heavy atom. The molecule has 0 bridgehead atoms. The molecule has 6 heteroatoms. The van der Waals surface area contributed by atoms with Crippen LogP contribution >= 0.6 is 22.6 Å². The minimum atomic E-state index is -0.323. The summed E-state index contributed by atoms with van der Waals surface area (Å²) in [7, 11) is 0. The number of carbonyl (C=O) groups is 1. The summed E-state index contributed by atoms with van der Waals surface area (Å²) in [6.07, 6.45) is 2.32. The summed E-state index contributed by atoms with van der Waals surface area (Å²) in [5.74, 6) is 0.240. The van der Waals surface area contributed by atoms with E-state index < -0.39 is 0 Å². The molecule has 2 aromatic rings. The Morgan fingerprint density at radius 2 is 2.08 bits per heavy atom. The van der Waals surface area contributed by atoms with E-state index in [0.717, 1.165) is 27.7 Å². The number of anilines is 2. The van der Waals surface area contributed by atoms with Gasteiger partial charge in [0.05, 0.1) is 29.5 Å². The highest BCUT2D eigenvalue weighted by Gasteiger charge is 2.22. The van der Waals surface area contributed by atoms with E-state index in [0.29, 0.717) is 29.3 Å². The van der Waals surface area contributed by atoms with E-state index >= 15 is 0 Å². The fourth-order valence-corrected chi connectivity index (χ4v) is 3.04. The third-order valence-corrected chi connectivity index (χ3v) is 4.70. The van der Waals surface area contributed by atoms with Crippen molar-refractivity contribution in [3.63, 3.8) is 0 Å². The molecular formula is C19H18IN3O2. The average molecular weight is 447 g/mol. The summed E-state index contributed by atoms with van der Waals surface area (Å²) < 4.78 is 1.14. The minimum Gasteiger partial charge on any atom is -0.355 e. The third-order valence-electron chi connectivity index (χ3n) is 4.03. The number of nitrogens with one attached hydrogen (secondary N) is 2. The van der Waals surface area contributed by atoms with Crippen molar-refractivity contribution < 1.29 is 9.63 Å². The highest BCUT2D eigenvalue weighted by molar-refractivity contribution is 14.1. The molecule has 1 fully saturated rings. The van der Waals surface area contributed by atoms with Crippen LogP contribution in [0, 0.1) is 27.7 Å². The molecule has 0 heterocycles. The summed E-state index contributed by atoms with van der Waals surface area (Å²) in [4.78, 5) is 17.7. The maximum atomic E-state index is 12.4. The fraction of sp³-hybridized carbons (Fsp3) is 0.263. The number of nitrogens with zero attached hydrogens (tertiary/aromatic N) is 1. The van der Waals surface area contributed by atoms with Gasteiger partial charge in [-0.05, 0) is 90.2 Å².